The van der Waals surface area contributed by atoms with E-state index in [2.05, 4.69) is 5.32 Å². The maximum Gasteiger partial charge on any atom is 0.222 e. The normalized spacial score (nSPS) is 14.9. The number of aliphatic hydroxyl groups excluding tert-OH is 1. The van der Waals surface area contributed by atoms with E-state index in [0.29, 0.717) is 13.0 Å². The van der Waals surface area contributed by atoms with Crippen LogP contribution in [0.3, 0.4) is 0 Å². The second-order valence-corrected chi connectivity index (χ2v) is 3.33. The lowest BCUT2D eigenvalue weighted by Gasteiger charge is -2.13. The van der Waals surface area contributed by atoms with Gasteiger partial charge in [-0.15, -0.1) is 0 Å². The van der Waals surface area contributed by atoms with Crippen molar-refractivity contribution in [3.63, 3.8) is 0 Å². The number of amides is 1. The molecule has 4 N–H and O–H groups in total. The summed E-state index contributed by atoms with van der Waals surface area (Å²) in [5.41, 5.74) is 5.32. The number of methoxy groups -OCH3 is 1. The van der Waals surface area contributed by atoms with Gasteiger partial charge in [0.25, 0.3) is 0 Å². The van der Waals surface area contributed by atoms with Crippen molar-refractivity contribution in [2.75, 3.05) is 26.8 Å². The SMILES string of the molecule is COCC(O)CNC(=O)C(C)CCN. The Morgan fingerprint density at radius 3 is 2.79 bits per heavy atom. The molecule has 0 aromatic carbocycles. The van der Waals surface area contributed by atoms with Crippen molar-refractivity contribution in [2.45, 2.75) is 19.4 Å². The quantitative estimate of drug-likeness (QED) is 0.501. The number of nitrogens with one attached hydrogen (secondary N) is 1. The Kier molecular flexibility index (Phi) is 7.37. The Balaban J connectivity index is 3.61. The molecule has 0 heterocycles. The molecule has 1 amide bonds. The van der Waals surface area contributed by atoms with E-state index < -0.39 is 6.10 Å². The summed E-state index contributed by atoms with van der Waals surface area (Å²) in [4.78, 5) is 11.3. The molecule has 0 saturated carbocycles. The first-order valence-corrected chi connectivity index (χ1v) is 4.76. The van der Waals surface area contributed by atoms with Crippen molar-refractivity contribution in [2.24, 2.45) is 11.7 Å². The van der Waals surface area contributed by atoms with E-state index in [0.717, 1.165) is 0 Å². The lowest BCUT2D eigenvalue weighted by molar-refractivity contribution is -0.125. The van der Waals surface area contributed by atoms with Crippen LogP contribution in [0.5, 0.6) is 0 Å². The van der Waals surface area contributed by atoms with Gasteiger partial charge in [0.2, 0.25) is 5.91 Å². The van der Waals surface area contributed by atoms with E-state index in [1.54, 1.807) is 0 Å². The largest absolute Gasteiger partial charge is 0.389 e. The van der Waals surface area contributed by atoms with Gasteiger partial charge in [0.15, 0.2) is 0 Å². The summed E-state index contributed by atoms with van der Waals surface area (Å²) in [6, 6.07) is 0. The Morgan fingerprint density at radius 2 is 2.29 bits per heavy atom. The van der Waals surface area contributed by atoms with Crippen molar-refractivity contribution in [3.8, 4) is 0 Å². The molecular formula is C9H20N2O3. The average molecular weight is 204 g/mol. The minimum absolute atomic E-state index is 0.0781. The van der Waals surface area contributed by atoms with Crippen LogP contribution in [0.15, 0.2) is 0 Å². The van der Waals surface area contributed by atoms with E-state index >= 15 is 0 Å². The highest BCUT2D eigenvalue weighted by molar-refractivity contribution is 5.78. The maximum absolute atomic E-state index is 11.3. The molecule has 2 atom stereocenters. The summed E-state index contributed by atoms with van der Waals surface area (Å²) in [5, 5.41) is 11.9. The third kappa shape index (κ3) is 5.90. The summed E-state index contributed by atoms with van der Waals surface area (Å²) in [7, 11) is 1.50. The average Bonchev–Trinajstić information content (AvgIpc) is 2.15. The third-order valence-electron chi connectivity index (χ3n) is 1.92. The first-order chi connectivity index (χ1) is 6.61. The molecule has 84 valence electrons. The number of hydrogen-bond donors (Lipinski definition) is 3. The Morgan fingerprint density at radius 1 is 1.64 bits per heavy atom. The van der Waals surface area contributed by atoms with Gasteiger partial charge in [-0.05, 0) is 13.0 Å². The third-order valence-corrected chi connectivity index (χ3v) is 1.92. The number of aliphatic hydroxyl groups is 1. The zero-order chi connectivity index (χ0) is 11.0. The number of ether oxygens (including phenoxy) is 1. The van der Waals surface area contributed by atoms with Crippen molar-refractivity contribution in [3.05, 3.63) is 0 Å². The highest BCUT2D eigenvalue weighted by atomic mass is 16.5. The van der Waals surface area contributed by atoms with Crippen LogP contribution in [0.4, 0.5) is 0 Å². The fourth-order valence-electron chi connectivity index (χ4n) is 1.03. The molecule has 0 spiro atoms. The van der Waals surface area contributed by atoms with Crippen LogP contribution in [-0.2, 0) is 9.53 Å². The number of rotatable bonds is 7. The molecule has 0 aliphatic heterocycles. The Labute approximate surface area is 84.6 Å². The summed E-state index contributed by atoms with van der Waals surface area (Å²) in [6.45, 7) is 2.76. The van der Waals surface area contributed by atoms with Crippen molar-refractivity contribution < 1.29 is 14.6 Å². The van der Waals surface area contributed by atoms with Crippen molar-refractivity contribution in [1.82, 2.24) is 5.32 Å². The van der Waals surface area contributed by atoms with Gasteiger partial charge < -0.3 is 20.9 Å². The topological polar surface area (TPSA) is 84.6 Å². The molecule has 5 heteroatoms. The van der Waals surface area contributed by atoms with Crippen LogP contribution in [0.2, 0.25) is 0 Å². The fraction of sp³-hybridized carbons (Fsp3) is 0.889. The van der Waals surface area contributed by atoms with Crippen LogP contribution in [0.1, 0.15) is 13.3 Å². The van der Waals surface area contributed by atoms with Gasteiger partial charge in [-0.25, -0.2) is 0 Å². The molecule has 0 aromatic heterocycles. The summed E-state index contributed by atoms with van der Waals surface area (Å²) in [5.74, 6) is -0.180. The van der Waals surface area contributed by atoms with Crippen LogP contribution in [0, 0.1) is 5.92 Å². The fourth-order valence-corrected chi connectivity index (χ4v) is 1.03. The van der Waals surface area contributed by atoms with Gasteiger partial charge in [0.1, 0.15) is 0 Å². The predicted octanol–water partition coefficient (Wildman–Crippen LogP) is -0.905. The monoisotopic (exact) mass is 204 g/mol. The number of carbonyl (C=O) groups excluding carboxylic acids is 1. The molecule has 0 aliphatic rings. The molecule has 0 radical (unpaired) electrons. The van der Waals surface area contributed by atoms with Gasteiger partial charge in [0, 0.05) is 19.6 Å². The molecule has 0 rings (SSSR count). The van der Waals surface area contributed by atoms with Crippen molar-refractivity contribution >= 4 is 5.91 Å². The van der Waals surface area contributed by atoms with Crippen LogP contribution < -0.4 is 11.1 Å². The highest BCUT2D eigenvalue weighted by Crippen LogP contribution is 1.99. The molecular weight excluding hydrogens is 184 g/mol. The zero-order valence-corrected chi connectivity index (χ0v) is 8.82. The molecule has 2 unspecified atom stereocenters. The van der Waals surface area contributed by atoms with E-state index in [1.807, 2.05) is 6.92 Å². The van der Waals surface area contributed by atoms with E-state index in [4.69, 9.17) is 10.5 Å². The van der Waals surface area contributed by atoms with E-state index in [1.165, 1.54) is 7.11 Å². The van der Waals surface area contributed by atoms with Gasteiger partial charge >= 0.3 is 0 Å². The van der Waals surface area contributed by atoms with E-state index in [-0.39, 0.29) is 25.0 Å². The number of nitrogens with two attached hydrogens (primary N) is 1. The van der Waals surface area contributed by atoms with Crippen LogP contribution >= 0.6 is 0 Å². The molecule has 0 aliphatic carbocycles. The Bertz CT molecular complexity index is 164. The standard InChI is InChI=1S/C9H20N2O3/c1-7(3-4-10)9(13)11-5-8(12)6-14-2/h7-8,12H,3-6,10H2,1-2H3,(H,11,13). The highest BCUT2D eigenvalue weighted by Gasteiger charge is 2.12. The Hall–Kier alpha value is -0.650. The second kappa shape index (κ2) is 7.73. The molecule has 0 fully saturated rings. The minimum atomic E-state index is -0.644. The first kappa shape index (κ1) is 13.4. The van der Waals surface area contributed by atoms with Crippen LogP contribution in [-0.4, -0.2) is 43.9 Å². The van der Waals surface area contributed by atoms with Gasteiger partial charge in [0.05, 0.1) is 12.7 Å². The minimum Gasteiger partial charge on any atom is -0.389 e. The molecule has 14 heavy (non-hydrogen) atoms. The summed E-state index contributed by atoms with van der Waals surface area (Å²) >= 11 is 0. The lowest BCUT2D eigenvalue weighted by Crippen LogP contribution is -2.37. The predicted molar refractivity (Wildman–Crippen MR) is 53.7 cm³/mol. The lowest BCUT2D eigenvalue weighted by atomic mass is 10.1. The van der Waals surface area contributed by atoms with Gasteiger partial charge in [-0.2, -0.15) is 0 Å². The van der Waals surface area contributed by atoms with Gasteiger partial charge in [-0.3, -0.25) is 4.79 Å². The second-order valence-electron chi connectivity index (χ2n) is 3.33. The molecule has 0 saturated heterocycles. The number of hydrogen-bond acceptors (Lipinski definition) is 4. The zero-order valence-electron chi connectivity index (χ0n) is 8.82. The number of carbonyl (C=O) groups is 1. The maximum atomic E-state index is 11.3. The molecule has 0 bridgehead atoms. The van der Waals surface area contributed by atoms with Crippen molar-refractivity contribution in [1.29, 1.82) is 0 Å². The van der Waals surface area contributed by atoms with Crippen LogP contribution in [0.25, 0.3) is 0 Å². The van der Waals surface area contributed by atoms with E-state index in [9.17, 15) is 9.90 Å². The summed E-state index contributed by atoms with van der Waals surface area (Å²) < 4.78 is 4.72. The van der Waals surface area contributed by atoms with Gasteiger partial charge in [-0.1, -0.05) is 6.92 Å². The smallest absolute Gasteiger partial charge is 0.222 e. The molecule has 0 aromatic rings. The first-order valence-electron chi connectivity index (χ1n) is 4.76. The summed E-state index contributed by atoms with van der Waals surface area (Å²) in [6.07, 6.45) is 0.0145. The molecule has 5 nitrogen and oxygen atoms in total.